The fourth-order valence-electron chi connectivity index (χ4n) is 2.03. The number of nitrogens with zero attached hydrogens (tertiary/aromatic N) is 4. The molecule has 1 aliphatic heterocycles. The van der Waals surface area contributed by atoms with Crippen LogP contribution in [0, 0.1) is 0 Å². The molecule has 8 nitrogen and oxygen atoms in total. The molecule has 0 bridgehead atoms. The molecule has 0 atom stereocenters. The number of carbonyl (C=O) groups is 3. The van der Waals surface area contributed by atoms with Crippen molar-refractivity contribution in [3.05, 3.63) is 47.3 Å². The van der Waals surface area contributed by atoms with Gasteiger partial charge in [-0.1, -0.05) is 22.4 Å². The van der Waals surface area contributed by atoms with Crippen LogP contribution >= 0.6 is 0 Å². The van der Waals surface area contributed by atoms with Gasteiger partial charge in [-0.15, -0.1) is 5.10 Å². The number of aromatic nitrogens is 3. The zero-order valence-electron chi connectivity index (χ0n) is 11.0. The molecule has 1 aliphatic rings. The molecular weight excluding hydrogens is 276 g/mol. The summed E-state index contributed by atoms with van der Waals surface area (Å²) in [6.07, 6.45) is 1.21. The van der Waals surface area contributed by atoms with Gasteiger partial charge in [0.25, 0.3) is 11.8 Å². The summed E-state index contributed by atoms with van der Waals surface area (Å²) in [5.41, 5.74) is 0.476. The molecule has 0 spiro atoms. The minimum atomic E-state index is -0.864. The van der Waals surface area contributed by atoms with Gasteiger partial charge in [0.05, 0.1) is 17.3 Å². The van der Waals surface area contributed by atoms with Crippen molar-refractivity contribution in [3.8, 4) is 0 Å². The van der Waals surface area contributed by atoms with E-state index in [1.165, 1.54) is 23.0 Å². The van der Waals surface area contributed by atoms with E-state index in [0.29, 0.717) is 11.6 Å². The lowest BCUT2D eigenvalue weighted by Gasteiger charge is -2.12. The van der Waals surface area contributed by atoms with Gasteiger partial charge in [0.1, 0.15) is 0 Å². The van der Waals surface area contributed by atoms with E-state index >= 15 is 0 Å². The van der Waals surface area contributed by atoms with Crippen molar-refractivity contribution in [1.82, 2.24) is 20.1 Å². The molecule has 106 valence electrons. The summed E-state index contributed by atoms with van der Waals surface area (Å²) in [4.78, 5) is 41.0. The normalized spacial score (nSPS) is 13.5. The quantitative estimate of drug-likeness (QED) is 0.769. The maximum absolute atomic E-state index is 12.1. The number of aryl methyl sites for hydroxylation is 1. The molecule has 0 fully saturated rings. The molecular formula is C13H10N4O4. The first-order chi connectivity index (χ1) is 10.1. The Kier molecular flexibility index (Phi) is 2.98. The summed E-state index contributed by atoms with van der Waals surface area (Å²) in [5.74, 6) is -2.20. The lowest BCUT2D eigenvalue weighted by Crippen LogP contribution is -2.33. The van der Waals surface area contributed by atoms with E-state index < -0.39 is 17.8 Å². The minimum Gasteiger partial charge on any atom is -0.322 e. The number of hydrogen-bond acceptors (Lipinski definition) is 6. The standard InChI is InChI=1S/C13H10N4O4/c1-2-16-10(7-14-15-16)13(20)21-17-11(18)8-5-3-4-6-9(8)12(17)19/h3-7H,2H2,1H3. The van der Waals surface area contributed by atoms with Crippen LogP contribution in [0.2, 0.25) is 0 Å². The summed E-state index contributed by atoms with van der Waals surface area (Å²) >= 11 is 0. The average molecular weight is 286 g/mol. The van der Waals surface area contributed by atoms with Gasteiger partial charge in [0.2, 0.25) is 0 Å². The highest BCUT2D eigenvalue weighted by molar-refractivity contribution is 6.21. The molecule has 2 amide bonds. The second-order valence-corrected chi connectivity index (χ2v) is 4.26. The summed E-state index contributed by atoms with van der Waals surface area (Å²) in [7, 11) is 0. The number of fused-ring (bicyclic) bond motifs is 1. The Morgan fingerprint density at radius 2 is 1.81 bits per heavy atom. The van der Waals surface area contributed by atoms with E-state index in [9.17, 15) is 14.4 Å². The van der Waals surface area contributed by atoms with E-state index in [1.54, 1.807) is 19.1 Å². The summed E-state index contributed by atoms with van der Waals surface area (Å²) < 4.78 is 1.31. The smallest absolute Gasteiger partial charge is 0.322 e. The van der Waals surface area contributed by atoms with Crippen molar-refractivity contribution >= 4 is 17.8 Å². The van der Waals surface area contributed by atoms with Gasteiger partial charge < -0.3 is 4.84 Å². The fraction of sp³-hybridized carbons (Fsp3) is 0.154. The van der Waals surface area contributed by atoms with Crippen LogP contribution < -0.4 is 0 Å². The Bertz CT molecular complexity index is 717. The number of benzene rings is 1. The number of carbonyl (C=O) groups excluding carboxylic acids is 3. The first-order valence-corrected chi connectivity index (χ1v) is 6.22. The molecule has 0 N–H and O–H groups in total. The number of amides is 2. The predicted octanol–water partition coefficient (Wildman–Crippen LogP) is 0.666. The van der Waals surface area contributed by atoms with Crippen molar-refractivity contribution in [3.63, 3.8) is 0 Å². The van der Waals surface area contributed by atoms with Crippen molar-refractivity contribution in [2.24, 2.45) is 0 Å². The first-order valence-electron chi connectivity index (χ1n) is 6.22. The summed E-state index contributed by atoms with van der Waals surface area (Å²) in [5, 5.41) is 7.73. The van der Waals surface area contributed by atoms with Crippen LogP contribution in [0.4, 0.5) is 0 Å². The van der Waals surface area contributed by atoms with Crippen LogP contribution in [0.25, 0.3) is 0 Å². The lowest BCUT2D eigenvalue weighted by atomic mass is 10.1. The van der Waals surface area contributed by atoms with Gasteiger partial charge in [-0.05, 0) is 19.1 Å². The molecule has 1 aromatic carbocycles. The number of rotatable bonds is 3. The topological polar surface area (TPSA) is 94.4 Å². The molecule has 8 heteroatoms. The molecule has 0 saturated carbocycles. The molecule has 0 aliphatic carbocycles. The highest BCUT2D eigenvalue weighted by Crippen LogP contribution is 2.23. The Hall–Kier alpha value is -3.03. The minimum absolute atomic E-state index is 0.0639. The average Bonchev–Trinajstić information content (AvgIpc) is 3.07. The van der Waals surface area contributed by atoms with Crippen LogP contribution in [0.3, 0.4) is 0 Å². The third-order valence-corrected chi connectivity index (χ3v) is 3.06. The van der Waals surface area contributed by atoms with Gasteiger partial charge in [0.15, 0.2) is 5.69 Å². The third kappa shape index (κ3) is 1.97. The van der Waals surface area contributed by atoms with Crippen LogP contribution in [0.1, 0.15) is 38.1 Å². The summed E-state index contributed by atoms with van der Waals surface area (Å²) in [6.45, 7) is 2.18. The summed E-state index contributed by atoms with van der Waals surface area (Å²) in [6, 6.07) is 6.26. The predicted molar refractivity (Wildman–Crippen MR) is 68.1 cm³/mol. The van der Waals surface area contributed by atoms with Crippen LogP contribution in [-0.4, -0.2) is 37.8 Å². The van der Waals surface area contributed by atoms with Crippen molar-refractivity contribution < 1.29 is 19.2 Å². The molecule has 3 rings (SSSR count). The maximum atomic E-state index is 12.1. The van der Waals surface area contributed by atoms with Gasteiger partial charge >= 0.3 is 5.97 Å². The molecule has 2 aromatic rings. The zero-order chi connectivity index (χ0) is 15.0. The molecule has 0 unspecified atom stereocenters. The molecule has 21 heavy (non-hydrogen) atoms. The number of hydrogen-bond donors (Lipinski definition) is 0. The second-order valence-electron chi connectivity index (χ2n) is 4.26. The lowest BCUT2D eigenvalue weighted by molar-refractivity contribution is -0.0592. The van der Waals surface area contributed by atoms with Gasteiger partial charge in [-0.25, -0.2) is 9.48 Å². The van der Waals surface area contributed by atoms with Crippen molar-refractivity contribution in [1.29, 1.82) is 0 Å². The van der Waals surface area contributed by atoms with E-state index in [4.69, 9.17) is 4.84 Å². The van der Waals surface area contributed by atoms with Gasteiger partial charge in [0, 0.05) is 6.54 Å². The van der Waals surface area contributed by atoms with E-state index in [1.807, 2.05) is 0 Å². The SMILES string of the molecule is CCn1nncc1C(=O)ON1C(=O)c2ccccc2C1=O. The van der Waals surface area contributed by atoms with E-state index in [2.05, 4.69) is 10.3 Å². The Morgan fingerprint density at radius 1 is 1.19 bits per heavy atom. The maximum Gasteiger partial charge on any atom is 0.383 e. The first kappa shape index (κ1) is 13.0. The van der Waals surface area contributed by atoms with Gasteiger partial charge in [-0.2, -0.15) is 0 Å². The molecule has 0 radical (unpaired) electrons. The highest BCUT2D eigenvalue weighted by atomic mass is 16.7. The molecule has 0 saturated heterocycles. The second kappa shape index (κ2) is 4.82. The van der Waals surface area contributed by atoms with Crippen LogP contribution in [0.15, 0.2) is 30.5 Å². The van der Waals surface area contributed by atoms with E-state index in [0.717, 1.165) is 0 Å². The van der Waals surface area contributed by atoms with Crippen molar-refractivity contribution in [2.45, 2.75) is 13.5 Å². The van der Waals surface area contributed by atoms with Gasteiger partial charge in [-0.3, -0.25) is 9.59 Å². The van der Waals surface area contributed by atoms with Crippen LogP contribution in [0.5, 0.6) is 0 Å². The number of imide groups is 1. The third-order valence-electron chi connectivity index (χ3n) is 3.06. The number of hydroxylamine groups is 2. The monoisotopic (exact) mass is 286 g/mol. The Balaban J connectivity index is 1.86. The van der Waals surface area contributed by atoms with Crippen molar-refractivity contribution in [2.75, 3.05) is 0 Å². The Labute approximate surface area is 118 Å². The van der Waals surface area contributed by atoms with E-state index in [-0.39, 0.29) is 16.8 Å². The highest BCUT2D eigenvalue weighted by Gasteiger charge is 2.39. The fourth-order valence-corrected chi connectivity index (χ4v) is 2.03. The molecule has 2 heterocycles. The Morgan fingerprint density at radius 3 is 2.38 bits per heavy atom. The largest absolute Gasteiger partial charge is 0.383 e. The van der Waals surface area contributed by atoms with Crippen LogP contribution in [-0.2, 0) is 11.4 Å². The molecule has 1 aromatic heterocycles. The zero-order valence-corrected chi connectivity index (χ0v) is 11.0.